The molecular weight excluding hydrogens is 208 g/mol. The van der Waals surface area contributed by atoms with E-state index in [9.17, 15) is 8.42 Å². The number of nitrogens with one attached hydrogen (secondary N) is 1. The molecule has 0 aliphatic carbocycles. The van der Waals surface area contributed by atoms with E-state index >= 15 is 0 Å². The molecule has 4 nitrogen and oxygen atoms in total. The van der Waals surface area contributed by atoms with Gasteiger partial charge in [-0.15, -0.1) is 12.6 Å². The number of rotatable bonds is 1. The highest BCUT2D eigenvalue weighted by atomic mass is 32.2. The Morgan fingerprint density at radius 1 is 1.38 bits per heavy atom. The quantitative estimate of drug-likeness (QED) is 0.616. The fourth-order valence-electron chi connectivity index (χ4n) is 1.09. The molecule has 1 N–H and O–H groups in total. The Hall–Kier alpha value is -1.01. The molecule has 0 spiro atoms. The monoisotopic (exact) mass is 214 g/mol. The summed E-state index contributed by atoms with van der Waals surface area (Å²) in [6.07, 6.45) is 0. The number of aromatic amines is 1. The summed E-state index contributed by atoms with van der Waals surface area (Å²) < 4.78 is 21.3. The van der Waals surface area contributed by atoms with Crippen LogP contribution in [0, 0.1) is 0 Å². The van der Waals surface area contributed by atoms with Crippen LogP contribution in [-0.4, -0.2) is 18.4 Å². The summed E-state index contributed by atoms with van der Waals surface area (Å²) in [5.41, 5.74) is 1.40. The van der Waals surface area contributed by atoms with E-state index in [1.54, 1.807) is 6.07 Å². The fraction of sp³-hybridized carbons (Fsp3) is 0. The van der Waals surface area contributed by atoms with Gasteiger partial charge in [-0.05, 0) is 18.2 Å². The van der Waals surface area contributed by atoms with Crippen LogP contribution in [0.1, 0.15) is 0 Å². The molecule has 6 heteroatoms. The van der Waals surface area contributed by atoms with Gasteiger partial charge in [-0.2, -0.15) is 0 Å². The second-order valence-electron chi connectivity index (χ2n) is 2.52. The van der Waals surface area contributed by atoms with Crippen LogP contribution in [0.5, 0.6) is 0 Å². The highest BCUT2D eigenvalue weighted by Gasteiger charge is 2.01. The van der Waals surface area contributed by atoms with Gasteiger partial charge in [-0.3, -0.25) is 0 Å². The van der Waals surface area contributed by atoms with Crippen LogP contribution < -0.4 is 0 Å². The molecule has 0 aliphatic heterocycles. The van der Waals surface area contributed by atoms with E-state index in [2.05, 4.69) is 22.6 Å². The zero-order valence-electron chi connectivity index (χ0n) is 6.39. The Bertz CT molecular complexity index is 522. The molecule has 0 unspecified atom stereocenters. The zero-order chi connectivity index (χ0) is 9.42. The molecular formula is C7H6N2O2S2. The first-order valence-electron chi connectivity index (χ1n) is 3.50. The van der Waals surface area contributed by atoms with Crippen LogP contribution >= 0.6 is 12.6 Å². The van der Waals surface area contributed by atoms with Crippen molar-refractivity contribution in [2.45, 2.75) is 10.1 Å². The first-order chi connectivity index (χ1) is 6.16. The molecule has 0 saturated carbocycles. The van der Waals surface area contributed by atoms with E-state index in [4.69, 9.17) is 0 Å². The molecule has 0 fully saturated rings. The molecule has 1 heterocycles. The van der Waals surface area contributed by atoms with E-state index in [-0.39, 0.29) is 4.90 Å². The Kier molecular flexibility index (Phi) is 2.01. The Morgan fingerprint density at radius 3 is 2.85 bits per heavy atom. The molecule has 1 aromatic carbocycles. The van der Waals surface area contributed by atoms with E-state index in [0.29, 0.717) is 10.7 Å². The molecule has 0 saturated heterocycles. The van der Waals surface area contributed by atoms with Crippen molar-refractivity contribution in [2.24, 2.45) is 0 Å². The summed E-state index contributed by atoms with van der Waals surface area (Å²) in [6.45, 7) is 0. The van der Waals surface area contributed by atoms with Crippen LogP contribution in [0.25, 0.3) is 11.0 Å². The van der Waals surface area contributed by atoms with Crippen LogP contribution in [-0.2, 0) is 10.7 Å². The number of aromatic nitrogens is 2. The second kappa shape index (κ2) is 3.04. The Labute approximate surface area is 81.4 Å². The molecule has 1 aromatic heterocycles. The van der Waals surface area contributed by atoms with Gasteiger partial charge in [0.25, 0.3) is 0 Å². The fourth-order valence-corrected chi connectivity index (χ4v) is 1.75. The lowest BCUT2D eigenvalue weighted by molar-refractivity contribution is 0.614. The van der Waals surface area contributed by atoms with Crippen molar-refractivity contribution in [3.63, 3.8) is 0 Å². The van der Waals surface area contributed by atoms with Gasteiger partial charge in [0.05, 0.1) is 15.9 Å². The number of thiol groups is 2. The van der Waals surface area contributed by atoms with Crippen molar-refractivity contribution in [3.05, 3.63) is 18.2 Å². The molecule has 2 rings (SSSR count). The van der Waals surface area contributed by atoms with Crippen molar-refractivity contribution >= 4 is 34.4 Å². The summed E-state index contributed by atoms with van der Waals surface area (Å²) in [7, 11) is -2.54. The minimum absolute atomic E-state index is 0.266. The van der Waals surface area contributed by atoms with Crippen molar-refractivity contribution in [1.29, 1.82) is 0 Å². The number of benzene rings is 1. The third kappa shape index (κ3) is 1.54. The van der Waals surface area contributed by atoms with Crippen LogP contribution in [0.3, 0.4) is 0 Å². The van der Waals surface area contributed by atoms with Gasteiger partial charge in [-0.25, -0.2) is 13.4 Å². The van der Waals surface area contributed by atoms with Crippen molar-refractivity contribution in [3.8, 4) is 0 Å². The Morgan fingerprint density at radius 2 is 2.15 bits per heavy atom. The van der Waals surface area contributed by atoms with E-state index in [0.717, 1.165) is 5.52 Å². The van der Waals surface area contributed by atoms with Crippen LogP contribution in [0.2, 0.25) is 0 Å². The van der Waals surface area contributed by atoms with Gasteiger partial charge in [-0.1, -0.05) is 0 Å². The lowest BCUT2D eigenvalue weighted by Gasteiger charge is -1.89. The van der Waals surface area contributed by atoms with Gasteiger partial charge >= 0.3 is 0 Å². The number of hydrogen-bond donors (Lipinski definition) is 3. The molecule has 0 aliphatic rings. The van der Waals surface area contributed by atoms with Gasteiger partial charge in [0.15, 0.2) is 15.9 Å². The predicted molar refractivity (Wildman–Crippen MR) is 51.9 cm³/mol. The number of hydrogen-bond acceptors (Lipinski definition) is 4. The molecule has 13 heavy (non-hydrogen) atoms. The maximum Gasteiger partial charge on any atom is 0.168 e. The molecule has 0 amide bonds. The third-order valence-corrected chi connectivity index (χ3v) is 2.58. The molecule has 68 valence electrons. The number of H-pyrrole nitrogens is 1. The summed E-state index contributed by atoms with van der Waals surface area (Å²) in [5, 5.41) is 0.480. The number of fused-ring (bicyclic) bond motifs is 1. The summed E-state index contributed by atoms with van der Waals surface area (Å²) in [5.74, 6) is 0. The average molecular weight is 214 g/mol. The maximum atomic E-state index is 10.6. The van der Waals surface area contributed by atoms with Crippen molar-refractivity contribution in [1.82, 2.24) is 9.97 Å². The average Bonchev–Trinajstić information content (AvgIpc) is 2.42. The minimum Gasteiger partial charge on any atom is -0.333 e. The predicted octanol–water partition coefficient (Wildman–Crippen LogP) is 0.822. The number of imidazole rings is 1. The third-order valence-electron chi connectivity index (χ3n) is 1.66. The second-order valence-corrected chi connectivity index (χ2v) is 3.97. The van der Waals surface area contributed by atoms with E-state index in [1.165, 1.54) is 12.1 Å². The van der Waals surface area contributed by atoms with Gasteiger partial charge < -0.3 is 4.98 Å². The van der Waals surface area contributed by atoms with Gasteiger partial charge in [0, 0.05) is 0 Å². The summed E-state index contributed by atoms with van der Waals surface area (Å²) in [6, 6.07) is 4.71. The normalized spacial score (nSPS) is 11.2. The van der Waals surface area contributed by atoms with Crippen LogP contribution in [0.15, 0.2) is 28.3 Å². The summed E-state index contributed by atoms with van der Waals surface area (Å²) >= 11 is 4.01. The first kappa shape index (κ1) is 8.58. The Balaban J connectivity index is 2.74. The highest BCUT2D eigenvalue weighted by molar-refractivity contribution is 7.80. The first-order valence-corrected chi connectivity index (χ1v) is 5.12. The van der Waals surface area contributed by atoms with Gasteiger partial charge in [0.1, 0.15) is 0 Å². The van der Waals surface area contributed by atoms with Crippen molar-refractivity contribution < 1.29 is 8.42 Å². The lowest BCUT2D eigenvalue weighted by atomic mass is 10.3. The highest BCUT2D eigenvalue weighted by Crippen LogP contribution is 2.15. The van der Waals surface area contributed by atoms with Crippen molar-refractivity contribution in [2.75, 3.05) is 0 Å². The molecule has 0 bridgehead atoms. The summed E-state index contributed by atoms with van der Waals surface area (Å²) in [4.78, 5) is 7.14. The lowest BCUT2D eigenvalue weighted by Crippen LogP contribution is -1.79. The van der Waals surface area contributed by atoms with E-state index in [1.807, 2.05) is 0 Å². The molecule has 2 aromatic rings. The standard InChI is InChI=1S/C7H6N2O2S2/c10-13(11)4-1-2-5-6(3-4)9-7(12)8-5/h1-3,13H,(H2,8,9,12). The van der Waals surface area contributed by atoms with Crippen LogP contribution in [0.4, 0.5) is 0 Å². The molecule has 0 atom stereocenters. The maximum absolute atomic E-state index is 10.6. The smallest absolute Gasteiger partial charge is 0.168 e. The van der Waals surface area contributed by atoms with E-state index < -0.39 is 10.7 Å². The SMILES string of the molecule is O=[SH](=O)c1ccc2[nH]c(S)nc2c1. The van der Waals surface area contributed by atoms with Gasteiger partial charge in [0.2, 0.25) is 0 Å². The minimum atomic E-state index is -2.54. The molecule has 0 radical (unpaired) electrons. The topological polar surface area (TPSA) is 62.8 Å². The largest absolute Gasteiger partial charge is 0.333 e. The zero-order valence-corrected chi connectivity index (χ0v) is 8.18. The number of nitrogens with zero attached hydrogens (tertiary/aromatic N) is 1.